The summed E-state index contributed by atoms with van der Waals surface area (Å²) in [4.78, 5) is 79.1. The lowest BCUT2D eigenvalue weighted by Crippen LogP contribution is -2.32. The summed E-state index contributed by atoms with van der Waals surface area (Å²) >= 11 is 0. The quantitative estimate of drug-likeness (QED) is 0.0361. The van der Waals surface area contributed by atoms with E-state index in [0.29, 0.717) is 17.7 Å². The zero-order valence-electron chi connectivity index (χ0n) is 27.2. The number of amides is 1. The van der Waals surface area contributed by atoms with Crippen molar-refractivity contribution in [1.29, 1.82) is 0 Å². The molecule has 6 atom stereocenters. The van der Waals surface area contributed by atoms with Gasteiger partial charge in [0, 0.05) is 41.7 Å². The average Bonchev–Trinajstić information content (AvgIpc) is 3.70. The second-order valence-corrected chi connectivity index (χ2v) is 19.8. The highest BCUT2D eigenvalue weighted by Crippen LogP contribution is 2.69. The molecule has 4 heterocycles. The van der Waals surface area contributed by atoms with Crippen LogP contribution in [0.25, 0.3) is 11.2 Å². The van der Waals surface area contributed by atoms with Gasteiger partial charge in [0.25, 0.3) is 7.23 Å². The van der Waals surface area contributed by atoms with Crippen LogP contribution < -0.4 is 5.32 Å². The summed E-state index contributed by atoms with van der Waals surface area (Å²) in [6, 6.07) is 4.60. The van der Waals surface area contributed by atoms with E-state index in [1.807, 2.05) is 18.2 Å². The number of anilines is 1. The maximum atomic E-state index is 12.8. The number of phosphoric ester groups is 1. The number of nitrogens with zero attached hydrogens (tertiary/aromatic N) is 6. The van der Waals surface area contributed by atoms with Gasteiger partial charge in [-0.05, 0) is 37.9 Å². The molecule has 3 aromatic heterocycles. The molecule has 4 unspecified atom stereocenters. The number of aromatic nitrogens is 5. The van der Waals surface area contributed by atoms with Gasteiger partial charge in [0.05, 0.1) is 25.6 Å². The number of hydrogen-bond acceptors (Lipinski definition) is 16. The summed E-state index contributed by atoms with van der Waals surface area (Å²) < 4.78 is 50.8. The van der Waals surface area contributed by atoms with E-state index in [0.717, 1.165) is 5.03 Å². The fourth-order valence-corrected chi connectivity index (χ4v) is 12.1. The molecule has 3 aromatic rings. The lowest BCUT2D eigenvalue weighted by atomic mass is 10.0. The van der Waals surface area contributed by atoms with Crippen LogP contribution in [0.3, 0.4) is 0 Å². The molecule has 0 saturated carbocycles. The maximum absolute atomic E-state index is 12.8. The fourth-order valence-electron chi connectivity index (χ4n) is 5.06. The zero-order chi connectivity index (χ0) is 38.2. The number of nitrogens with one attached hydrogen (secondary N) is 1. The highest BCUT2D eigenvalue weighted by molar-refractivity contribution is 8.76. The van der Waals surface area contributed by atoms with Gasteiger partial charge in [-0.1, -0.05) is 35.1 Å². The van der Waals surface area contributed by atoms with E-state index in [1.54, 1.807) is 35.2 Å². The molecule has 0 aromatic carbocycles. The van der Waals surface area contributed by atoms with E-state index in [4.69, 9.17) is 23.8 Å². The van der Waals surface area contributed by atoms with Crippen LogP contribution in [-0.2, 0) is 36.5 Å². The Kier molecular flexibility index (Phi) is 14.5. The van der Waals surface area contributed by atoms with Gasteiger partial charge in [-0.15, -0.1) is 0 Å². The first-order valence-corrected chi connectivity index (χ1v) is 23.6. The molecule has 5 N–H and O–H groups in total. The molecular weight excluding hydrogens is 822 g/mol. The van der Waals surface area contributed by atoms with Gasteiger partial charge in [-0.2, -0.15) is 0 Å². The first kappa shape index (κ1) is 41.7. The summed E-state index contributed by atoms with van der Waals surface area (Å²) in [5, 5.41) is 15.2. The van der Waals surface area contributed by atoms with Crippen LogP contribution in [0.4, 0.5) is 5.82 Å². The van der Waals surface area contributed by atoms with Crippen LogP contribution in [0.2, 0.25) is 0 Å². The van der Waals surface area contributed by atoms with Crippen molar-refractivity contribution in [3.05, 3.63) is 71.0 Å². The third kappa shape index (κ3) is 12.5. The monoisotopic (exact) mass is 855 g/mol. The number of allylic oxidation sites excluding steroid dienone is 2. The Morgan fingerprint density at radius 1 is 1.17 bits per heavy atom. The molecule has 21 nitrogen and oxygen atoms in total. The Bertz CT molecular complexity index is 1990. The minimum Gasteiger partial charge on any atom is -0.371 e. The topological polar surface area (TPSA) is 290 Å². The molecule has 288 valence electrons. The molecule has 0 spiro atoms. The van der Waals surface area contributed by atoms with Crippen LogP contribution in [0.1, 0.15) is 31.9 Å². The lowest BCUT2D eigenvalue weighted by molar-refractivity contribution is -0.512. The molecule has 1 fully saturated rings. The van der Waals surface area contributed by atoms with Crippen LogP contribution in [0.15, 0.2) is 65.9 Å². The Balaban J connectivity index is 1.26. The second-order valence-electron chi connectivity index (χ2n) is 11.1. The van der Waals surface area contributed by atoms with E-state index in [1.165, 1.54) is 28.0 Å². The normalized spacial score (nSPS) is 22.6. The smallest absolute Gasteiger partial charge is 0.371 e. The number of ether oxygens (including phenoxy) is 2. The second kappa shape index (κ2) is 18.5. The first-order valence-electron chi connectivity index (χ1n) is 15.4. The van der Waals surface area contributed by atoms with Crippen molar-refractivity contribution in [2.75, 3.05) is 24.3 Å². The third-order valence-corrected chi connectivity index (χ3v) is 15.0. The van der Waals surface area contributed by atoms with Crippen molar-refractivity contribution < 1.29 is 61.0 Å². The van der Waals surface area contributed by atoms with Gasteiger partial charge in [0.1, 0.15) is 23.7 Å². The van der Waals surface area contributed by atoms with Crippen molar-refractivity contribution >= 4 is 75.9 Å². The molecule has 1 amide bonds. The van der Waals surface area contributed by atoms with E-state index < -0.39 is 58.9 Å². The Labute approximate surface area is 311 Å². The van der Waals surface area contributed by atoms with E-state index >= 15 is 0 Å². The van der Waals surface area contributed by atoms with Crippen molar-refractivity contribution in [1.82, 2.24) is 24.5 Å². The van der Waals surface area contributed by atoms with Crippen LogP contribution >= 0.6 is 53.0 Å². The summed E-state index contributed by atoms with van der Waals surface area (Å²) in [5.41, 5.74) is 0.872. The highest BCUT2D eigenvalue weighted by Gasteiger charge is 2.42. The van der Waals surface area contributed by atoms with Gasteiger partial charge < -0.3 is 34.4 Å². The van der Waals surface area contributed by atoms with Gasteiger partial charge in [0.15, 0.2) is 17.0 Å². The molecule has 5 rings (SSSR count). The van der Waals surface area contributed by atoms with Crippen molar-refractivity contribution in [2.45, 2.75) is 55.2 Å². The van der Waals surface area contributed by atoms with E-state index in [2.05, 4.69) is 42.4 Å². The largest absolute Gasteiger partial charge is 0.479 e. The maximum Gasteiger partial charge on any atom is 0.479 e. The van der Waals surface area contributed by atoms with Gasteiger partial charge in [0.2, 0.25) is 11.9 Å². The standard InChI is InChI=1S/C26H33N7O14P4S2/c34-21(8-5-11-52-53-22-9-3-4-10-27-22)31-25-24-26(29-15-28-25)32(16-30-24)23-12-19(43-13-17-6-1-2-7-18(17)33(35)36)20(45-23)14-44-50(40,41)47-51(42,48)46-49(37,38)39/h1-4,6,9-10,15-16,18-20,23,42,48H,5,7-8,11-14H2,(H,40,41)(H2,37,38,39)(H,28,29,31,34)/t18?,19-,20?,23-,51?/m1/s1. The molecular formula is C26H33N7O14P4S2. The van der Waals surface area contributed by atoms with Crippen LogP contribution in [-0.4, -0.2) is 92.1 Å². The van der Waals surface area contributed by atoms with Crippen molar-refractivity contribution in [3.8, 4) is 0 Å². The minimum atomic E-state index is -5.35. The number of carbonyl (C=O) groups excluding carboxylic acids is 1. The molecule has 53 heavy (non-hydrogen) atoms. The number of carbonyl (C=O) groups is 1. The number of hydrogen-bond donors (Lipinski definition) is 5. The molecule has 2 aliphatic rings. The number of fused-ring (bicyclic) bond motifs is 1. The number of imidazole rings is 1. The summed E-state index contributed by atoms with van der Waals surface area (Å²) in [6.07, 6.45) is 7.25. The SMILES string of the molecule is O=C(CCCSSc1ccccn1)Nc1ncnc2c1ncn2[C@H]1C[C@@H](OCC2=CC=CCC2[N+](=O)[O-])C(COP(=O)(O)OP(O)(=P)OP(=O)(O)O)O1. The Morgan fingerprint density at radius 2 is 1.98 bits per heavy atom. The fraction of sp³-hybridized carbons (Fsp3) is 0.423. The Hall–Kier alpha value is -2.42. The molecule has 1 aliphatic carbocycles. The molecule has 1 aliphatic heterocycles. The summed E-state index contributed by atoms with van der Waals surface area (Å²) in [6.45, 7) is -0.928. The molecule has 27 heteroatoms. The van der Waals surface area contributed by atoms with Crippen molar-refractivity contribution in [2.24, 2.45) is 0 Å². The lowest BCUT2D eigenvalue weighted by Gasteiger charge is -2.23. The third-order valence-electron chi connectivity index (χ3n) is 7.31. The zero-order valence-corrected chi connectivity index (χ0v) is 32.5. The number of rotatable bonds is 19. The van der Waals surface area contributed by atoms with Gasteiger partial charge in [-0.25, -0.2) is 37.7 Å². The van der Waals surface area contributed by atoms with Gasteiger partial charge in [-0.3, -0.25) is 24.0 Å². The number of pyridine rings is 1. The minimum absolute atomic E-state index is 0.0541. The summed E-state index contributed by atoms with van der Waals surface area (Å²) in [5.74, 6) is 0.572. The average molecular weight is 856 g/mol. The molecule has 1 saturated heterocycles. The summed E-state index contributed by atoms with van der Waals surface area (Å²) in [7, 11) is -9.84. The number of nitro groups is 1. The molecule has 0 radical (unpaired) electrons. The van der Waals surface area contributed by atoms with Crippen molar-refractivity contribution in [3.63, 3.8) is 0 Å². The van der Waals surface area contributed by atoms with Crippen LogP contribution in [0.5, 0.6) is 0 Å². The predicted octanol–water partition coefficient (Wildman–Crippen LogP) is 4.64. The molecule has 0 bridgehead atoms. The van der Waals surface area contributed by atoms with Crippen LogP contribution in [0, 0.1) is 10.1 Å². The predicted molar refractivity (Wildman–Crippen MR) is 194 cm³/mol. The Morgan fingerprint density at radius 3 is 2.72 bits per heavy atom. The number of phosphoric acid groups is 2. The van der Waals surface area contributed by atoms with E-state index in [-0.39, 0.29) is 48.8 Å². The first-order chi connectivity index (χ1) is 25.1. The van der Waals surface area contributed by atoms with E-state index in [9.17, 15) is 33.8 Å². The highest BCUT2D eigenvalue weighted by atomic mass is 33.1. The van der Waals surface area contributed by atoms with Gasteiger partial charge >= 0.3 is 15.6 Å².